The maximum absolute atomic E-state index is 14.5. The quantitative estimate of drug-likeness (QED) is 0.0755. The van der Waals surface area contributed by atoms with Gasteiger partial charge in [0.1, 0.15) is 17.6 Å². The number of ketones is 1. The highest BCUT2D eigenvalue weighted by Crippen LogP contribution is 2.39. The minimum atomic E-state index is -4.39. The van der Waals surface area contributed by atoms with Crippen molar-refractivity contribution < 1.29 is 27.3 Å². The number of ether oxygens (including phenoxy) is 1. The minimum absolute atomic E-state index is 0.0215. The molecule has 0 radical (unpaired) electrons. The minimum Gasteiger partial charge on any atom is -0.496 e. The molecular formula is C34H41N5O7S. The molecule has 0 spiro atoms. The third kappa shape index (κ3) is 7.69. The van der Waals surface area contributed by atoms with Gasteiger partial charge in [0.05, 0.1) is 29.3 Å². The summed E-state index contributed by atoms with van der Waals surface area (Å²) < 4.78 is 42.3. The topological polar surface area (TPSA) is 149 Å². The first-order valence-electron chi connectivity index (χ1n) is 15.9. The molecule has 0 unspecified atom stereocenters. The molecule has 0 amide bonds. The number of rotatable bonds is 16. The molecule has 1 saturated heterocycles. The van der Waals surface area contributed by atoms with Crippen LogP contribution in [0, 0.1) is 23.0 Å². The van der Waals surface area contributed by atoms with Gasteiger partial charge in [0, 0.05) is 55.7 Å². The number of nitro groups is 1. The number of sulfonamides is 1. The zero-order chi connectivity index (χ0) is 33.7. The number of hydrogen-bond acceptors (Lipinski definition) is 10. The van der Waals surface area contributed by atoms with Crippen molar-refractivity contribution in [3.05, 3.63) is 76.4 Å². The first-order valence-corrected chi connectivity index (χ1v) is 17.3. The molecule has 0 bridgehead atoms. The number of Topliss-reactive ketones (excluding diaryl/α,β-unsaturated/α-hetero) is 1. The summed E-state index contributed by atoms with van der Waals surface area (Å²) in [5.74, 6) is 1.31. The number of oxazole rings is 1. The molecule has 1 aliphatic heterocycles. The maximum atomic E-state index is 14.5. The van der Waals surface area contributed by atoms with E-state index in [1.54, 1.807) is 13.3 Å². The molecule has 5 rings (SSSR count). The van der Waals surface area contributed by atoms with E-state index in [4.69, 9.17) is 9.15 Å². The third-order valence-electron chi connectivity index (χ3n) is 8.63. The van der Waals surface area contributed by atoms with E-state index in [1.807, 2.05) is 45.2 Å². The summed E-state index contributed by atoms with van der Waals surface area (Å²) in [6.07, 6.45) is 4.83. The molecule has 4 aromatic rings. The van der Waals surface area contributed by atoms with Gasteiger partial charge in [0.15, 0.2) is 10.7 Å². The molecule has 2 aromatic carbocycles. The largest absolute Gasteiger partial charge is 0.496 e. The SMILES string of the molecule is CCC(=O)CCCCC[C@@H](c1ncc(-c2cc3ccc(C)nc3cc2OC)o1)N(CC1CN(C)C1)S(=O)(=O)c1ccccc1[N+](=O)[O-]. The Morgan fingerprint density at radius 2 is 1.94 bits per heavy atom. The summed E-state index contributed by atoms with van der Waals surface area (Å²) in [6, 6.07) is 12.2. The number of fused-ring (bicyclic) bond motifs is 1. The third-order valence-corrected chi connectivity index (χ3v) is 10.5. The predicted octanol–water partition coefficient (Wildman–Crippen LogP) is 6.34. The molecule has 1 atom stereocenters. The van der Waals surface area contributed by atoms with Gasteiger partial charge in [0.2, 0.25) is 5.89 Å². The van der Waals surface area contributed by atoms with Crippen LogP contribution >= 0.6 is 0 Å². The standard InChI is InChI=1S/C34H41N5O7S/c1-5-26(40)11-7-6-8-13-30(34-35-19-32(46-34)27-17-25-16-15-23(2)36-28(25)18-31(27)45-4)38(22-24-20-37(3)21-24)47(43,44)33-14-10-9-12-29(33)39(41)42/h9-10,12,14-19,24,30H,5-8,11,13,20-22H2,1-4H3/t30-/m0/s1. The zero-order valence-corrected chi connectivity index (χ0v) is 28.0. The molecule has 1 aliphatic rings. The summed E-state index contributed by atoms with van der Waals surface area (Å²) >= 11 is 0. The fraction of sp³-hybridized carbons (Fsp3) is 0.441. The number of aryl methyl sites for hydroxylation is 1. The average Bonchev–Trinajstić information content (AvgIpc) is 3.53. The first-order chi connectivity index (χ1) is 22.5. The Morgan fingerprint density at radius 3 is 2.64 bits per heavy atom. The van der Waals surface area contributed by atoms with Crippen molar-refractivity contribution in [2.45, 2.75) is 63.3 Å². The molecule has 2 aromatic heterocycles. The highest BCUT2D eigenvalue weighted by molar-refractivity contribution is 7.89. The molecule has 1 fully saturated rings. The van der Waals surface area contributed by atoms with Gasteiger partial charge in [-0.3, -0.25) is 19.9 Å². The number of hydrogen-bond donors (Lipinski definition) is 0. The van der Waals surface area contributed by atoms with E-state index < -0.39 is 26.7 Å². The second-order valence-corrected chi connectivity index (χ2v) is 14.0. The number of nitrogens with zero attached hydrogens (tertiary/aromatic N) is 5. The fourth-order valence-electron chi connectivity index (χ4n) is 6.13. The molecule has 47 heavy (non-hydrogen) atoms. The van der Waals surface area contributed by atoms with Crippen LogP contribution in [0.1, 0.15) is 63.1 Å². The number of aromatic nitrogens is 2. The number of carbonyl (C=O) groups excluding carboxylic acids is 1. The summed E-state index contributed by atoms with van der Waals surface area (Å²) in [6.45, 7) is 5.26. The number of unbranched alkanes of at least 4 members (excludes halogenated alkanes) is 2. The number of benzene rings is 2. The number of pyridine rings is 1. The second-order valence-electron chi connectivity index (χ2n) is 12.2. The van der Waals surface area contributed by atoms with Crippen molar-refractivity contribution in [1.29, 1.82) is 0 Å². The second kappa shape index (κ2) is 14.7. The van der Waals surface area contributed by atoms with Crippen molar-refractivity contribution in [2.24, 2.45) is 5.92 Å². The van der Waals surface area contributed by atoms with Crippen molar-refractivity contribution in [1.82, 2.24) is 19.2 Å². The highest BCUT2D eigenvalue weighted by atomic mass is 32.2. The molecule has 250 valence electrons. The Morgan fingerprint density at radius 1 is 1.17 bits per heavy atom. The van der Waals surface area contributed by atoms with Crippen molar-refractivity contribution in [3.8, 4) is 17.1 Å². The van der Waals surface area contributed by atoms with Crippen molar-refractivity contribution >= 4 is 32.4 Å². The van der Waals surface area contributed by atoms with Gasteiger partial charge in [-0.1, -0.05) is 38.0 Å². The molecule has 3 heterocycles. The van der Waals surface area contributed by atoms with Gasteiger partial charge in [0.25, 0.3) is 15.7 Å². The zero-order valence-electron chi connectivity index (χ0n) is 27.2. The highest BCUT2D eigenvalue weighted by Gasteiger charge is 2.41. The summed E-state index contributed by atoms with van der Waals surface area (Å²) in [5, 5.41) is 12.8. The van der Waals surface area contributed by atoms with Gasteiger partial charge in [-0.15, -0.1) is 0 Å². The van der Waals surface area contributed by atoms with Crippen molar-refractivity contribution in [2.75, 3.05) is 33.8 Å². The van der Waals surface area contributed by atoms with Crippen molar-refractivity contribution in [3.63, 3.8) is 0 Å². The summed E-state index contributed by atoms with van der Waals surface area (Å²) in [5.41, 5.74) is 1.78. The van der Waals surface area contributed by atoms with Crippen LogP contribution in [0.3, 0.4) is 0 Å². The van der Waals surface area contributed by atoms with E-state index >= 15 is 0 Å². The van der Waals surface area contributed by atoms with Crippen LogP contribution in [-0.4, -0.2) is 72.1 Å². The van der Waals surface area contributed by atoms with Crippen LogP contribution < -0.4 is 4.74 Å². The Hall–Kier alpha value is -4.20. The Bertz CT molecular complexity index is 1850. The molecule has 12 nitrogen and oxygen atoms in total. The number of carbonyl (C=O) groups is 1. The van der Waals surface area contributed by atoms with E-state index in [0.717, 1.165) is 16.6 Å². The molecule has 0 saturated carbocycles. The molecule has 13 heteroatoms. The molecular weight excluding hydrogens is 622 g/mol. The normalized spacial score (nSPS) is 14.7. The van der Waals surface area contributed by atoms with Gasteiger partial charge in [-0.05, 0) is 50.9 Å². The van der Waals surface area contributed by atoms with Gasteiger partial charge < -0.3 is 14.1 Å². The van der Waals surface area contributed by atoms with E-state index in [1.165, 1.54) is 28.6 Å². The lowest BCUT2D eigenvalue weighted by molar-refractivity contribution is -0.387. The Balaban J connectivity index is 1.56. The summed E-state index contributed by atoms with van der Waals surface area (Å²) in [7, 11) is -0.873. The van der Waals surface area contributed by atoms with E-state index in [2.05, 4.69) is 14.9 Å². The molecule has 0 N–H and O–H groups in total. The smallest absolute Gasteiger partial charge is 0.289 e. The lowest BCUT2D eigenvalue weighted by Crippen LogP contribution is -2.51. The molecule has 0 aliphatic carbocycles. The lowest BCUT2D eigenvalue weighted by atomic mass is 10.00. The monoisotopic (exact) mass is 663 g/mol. The van der Waals surface area contributed by atoms with E-state index in [0.29, 0.717) is 68.7 Å². The van der Waals surface area contributed by atoms with Crippen LogP contribution in [0.15, 0.2) is 64.0 Å². The maximum Gasteiger partial charge on any atom is 0.289 e. The average molecular weight is 664 g/mol. The van der Waals surface area contributed by atoms with Crippen LogP contribution in [-0.2, 0) is 14.8 Å². The predicted molar refractivity (Wildman–Crippen MR) is 178 cm³/mol. The van der Waals surface area contributed by atoms with Crippen LogP contribution in [0.5, 0.6) is 5.75 Å². The van der Waals surface area contributed by atoms with Crippen LogP contribution in [0.25, 0.3) is 22.2 Å². The first kappa shape index (κ1) is 34.1. The summed E-state index contributed by atoms with van der Waals surface area (Å²) in [4.78, 5) is 34.1. The number of nitro benzene ring substituents is 1. The Labute approximate surface area is 275 Å². The number of para-hydroxylation sites is 1. The fourth-order valence-corrected chi connectivity index (χ4v) is 7.98. The Kier molecular flexibility index (Phi) is 10.7. The lowest BCUT2D eigenvalue weighted by Gasteiger charge is -2.40. The number of methoxy groups -OCH3 is 1. The van der Waals surface area contributed by atoms with E-state index in [9.17, 15) is 23.3 Å². The van der Waals surface area contributed by atoms with E-state index in [-0.39, 0.29) is 29.0 Å². The number of likely N-dealkylation sites (tertiary alicyclic amines) is 1. The van der Waals surface area contributed by atoms with Gasteiger partial charge in [-0.25, -0.2) is 13.4 Å². The van der Waals surface area contributed by atoms with Gasteiger partial charge in [-0.2, -0.15) is 4.31 Å². The van der Waals surface area contributed by atoms with Crippen LogP contribution in [0.2, 0.25) is 0 Å². The van der Waals surface area contributed by atoms with Gasteiger partial charge >= 0.3 is 0 Å². The van der Waals surface area contributed by atoms with Crippen LogP contribution in [0.4, 0.5) is 5.69 Å².